The highest BCUT2D eigenvalue weighted by atomic mass is 32.2. The Morgan fingerprint density at radius 1 is 1.33 bits per heavy atom. The van der Waals surface area contributed by atoms with E-state index in [0.29, 0.717) is 9.47 Å². The topological polar surface area (TPSA) is 87.6 Å². The quantitative estimate of drug-likeness (QED) is 0.386. The van der Waals surface area contributed by atoms with Gasteiger partial charge in [-0.3, -0.25) is 0 Å². The van der Waals surface area contributed by atoms with Crippen LogP contribution in [0.1, 0.15) is 5.56 Å². The lowest BCUT2D eigenvalue weighted by molar-refractivity contribution is 0.318. The van der Waals surface area contributed by atoms with Gasteiger partial charge in [0.2, 0.25) is 5.13 Å². The van der Waals surface area contributed by atoms with E-state index in [9.17, 15) is 8.78 Å². The second-order valence-corrected chi connectivity index (χ2v) is 6.31. The molecule has 1 aromatic heterocycles. The van der Waals surface area contributed by atoms with Gasteiger partial charge in [0, 0.05) is 19.7 Å². The molecular weight excluding hydrogens is 320 g/mol. The first-order chi connectivity index (χ1) is 9.92. The Morgan fingerprint density at radius 2 is 1.95 bits per heavy atom. The van der Waals surface area contributed by atoms with Gasteiger partial charge in [0.15, 0.2) is 10.2 Å². The van der Waals surface area contributed by atoms with Crippen molar-refractivity contribution in [3.8, 4) is 0 Å². The highest BCUT2D eigenvalue weighted by Gasteiger charge is 2.17. The van der Waals surface area contributed by atoms with Crippen LogP contribution in [0.5, 0.6) is 0 Å². The van der Waals surface area contributed by atoms with Gasteiger partial charge >= 0.3 is 0 Å². The van der Waals surface area contributed by atoms with Gasteiger partial charge in [-0.15, -0.1) is 10.2 Å². The number of rotatable bonds is 4. The normalized spacial score (nSPS) is 11.7. The van der Waals surface area contributed by atoms with Crippen LogP contribution in [0.25, 0.3) is 0 Å². The number of nitrogens with zero attached hydrogens (tertiary/aromatic N) is 4. The molecule has 6 nitrogen and oxygen atoms in total. The van der Waals surface area contributed by atoms with Crippen LogP contribution in [0.4, 0.5) is 13.9 Å². The molecule has 1 aromatic carbocycles. The molecule has 0 atom stereocenters. The van der Waals surface area contributed by atoms with Crippen LogP contribution < -0.4 is 10.6 Å². The van der Waals surface area contributed by atoms with Crippen molar-refractivity contribution in [1.29, 1.82) is 0 Å². The number of hydrogen-bond donors (Lipinski definition) is 2. The number of aromatic nitrogens is 2. The monoisotopic (exact) mass is 331 g/mol. The van der Waals surface area contributed by atoms with E-state index in [-0.39, 0.29) is 16.3 Å². The summed E-state index contributed by atoms with van der Waals surface area (Å²) in [6.07, 6.45) is 0. The Kier molecular flexibility index (Phi) is 4.58. The first-order valence-electron chi connectivity index (χ1n) is 5.58. The van der Waals surface area contributed by atoms with E-state index in [1.54, 1.807) is 19.0 Å². The van der Waals surface area contributed by atoms with Crippen molar-refractivity contribution >= 4 is 34.1 Å². The molecule has 0 fully saturated rings. The smallest absolute Gasteiger partial charge is 0.208 e. The molecule has 3 N–H and O–H groups in total. The summed E-state index contributed by atoms with van der Waals surface area (Å²) in [5.74, 6) is -2.00. The molecule has 2 aromatic rings. The molecule has 0 amide bonds. The Morgan fingerprint density at radius 3 is 2.43 bits per heavy atom. The highest BCUT2D eigenvalue weighted by molar-refractivity contribution is 8.01. The van der Waals surface area contributed by atoms with Gasteiger partial charge in [-0.05, 0) is 12.1 Å². The molecule has 21 heavy (non-hydrogen) atoms. The van der Waals surface area contributed by atoms with E-state index in [1.807, 2.05) is 0 Å². The van der Waals surface area contributed by atoms with Crippen molar-refractivity contribution < 1.29 is 14.0 Å². The lowest BCUT2D eigenvalue weighted by Crippen LogP contribution is -2.14. The fourth-order valence-electron chi connectivity index (χ4n) is 1.37. The van der Waals surface area contributed by atoms with E-state index < -0.39 is 11.6 Å². The zero-order chi connectivity index (χ0) is 15.6. The molecule has 0 aliphatic carbocycles. The average molecular weight is 331 g/mol. The predicted octanol–water partition coefficient (Wildman–Crippen LogP) is 2.13. The highest BCUT2D eigenvalue weighted by Crippen LogP contribution is 2.36. The fourth-order valence-corrected chi connectivity index (χ4v) is 3.09. The van der Waals surface area contributed by atoms with Crippen LogP contribution in [-0.4, -0.2) is 35.3 Å². The Hall–Kier alpha value is -1.94. The molecule has 0 spiro atoms. The number of amidine groups is 1. The first-order valence-corrected chi connectivity index (χ1v) is 7.21. The molecule has 0 saturated heterocycles. The lowest BCUT2D eigenvalue weighted by atomic mass is 10.2. The molecule has 1 heterocycles. The number of benzene rings is 1. The molecule has 0 unspecified atom stereocenters. The molecule has 2 rings (SSSR count). The van der Waals surface area contributed by atoms with Crippen LogP contribution in [0.2, 0.25) is 0 Å². The van der Waals surface area contributed by atoms with Gasteiger partial charge in [0.05, 0.1) is 4.90 Å². The molecule has 112 valence electrons. The maximum absolute atomic E-state index is 14.0. The van der Waals surface area contributed by atoms with Gasteiger partial charge in [-0.25, -0.2) is 8.78 Å². The summed E-state index contributed by atoms with van der Waals surface area (Å²) < 4.78 is 28.3. The molecule has 0 aliphatic rings. The van der Waals surface area contributed by atoms with Crippen molar-refractivity contribution in [3.05, 3.63) is 29.3 Å². The minimum absolute atomic E-state index is 0.0388. The maximum Gasteiger partial charge on any atom is 0.208 e. The number of anilines is 1. The Balaban J connectivity index is 2.31. The predicted molar refractivity (Wildman–Crippen MR) is 77.2 cm³/mol. The zero-order valence-electron chi connectivity index (χ0n) is 11.0. The second-order valence-electron chi connectivity index (χ2n) is 4.10. The SMILES string of the molecule is CN(C)c1nnc(Sc2c(F)cc(C(N)=NO)cc2F)s1. The summed E-state index contributed by atoms with van der Waals surface area (Å²) in [7, 11) is 3.59. The number of nitrogens with two attached hydrogens (primary N) is 1. The molecular formula is C11H11F2N5OS2. The minimum Gasteiger partial charge on any atom is -0.409 e. The van der Waals surface area contributed by atoms with Gasteiger partial charge < -0.3 is 15.8 Å². The van der Waals surface area contributed by atoms with Crippen molar-refractivity contribution in [1.82, 2.24) is 10.2 Å². The van der Waals surface area contributed by atoms with Crippen molar-refractivity contribution in [2.24, 2.45) is 10.9 Å². The largest absolute Gasteiger partial charge is 0.409 e. The van der Waals surface area contributed by atoms with E-state index >= 15 is 0 Å². The minimum atomic E-state index is -0.816. The van der Waals surface area contributed by atoms with E-state index in [1.165, 1.54) is 11.3 Å². The van der Waals surface area contributed by atoms with E-state index in [2.05, 4.69) is 15.4 Å². The van der Waals surface area contributed by atoms with Crippen LogP contribution in [0.15, 0.2) is 26.5 Å². The lowest BCUT2D eigenvalue weighted by Gasteiger charge is -2.05. The Bertz CT molecular complexity index is 666. The fraction of sp³-hybridized carbons (Fsp3) is 0.182. The summed E-state index contributed by atoms with van der Waals surface area (Å²) >= 11 is 2.05. The summed E-state index contributed by atoms with van der Waals surface area (Å²) in [4.78, 5) is 1.53. The second kappa shape index (κ2) is 6.22. The summed E-state index contributed by atoms with van der Waals surface area (Å²) in [6.45, 7) is 0. The number of oxime groups is 1. The maximum atomic E-state index is 14.0. The summed E-state index contributed by atoms with van der Waals surface area (Å²) in [5, 5.41) is 19.6. The van der Waals surface area contributed by atoms with Crippen molar-refractivity contribution in [3.63, 3.8) is 0 Å². The molecule has 0 bridgehead atoms. The average Bonchev–Trinajstić information content (AvgIpc) is 2.90. The van der Waals surface area contributed by atoms with Crippen molar-refractivity contribution in [2.45, 2.75) is 9.24 Å². The molecule has 0 aliphatic heterocycles. The number of hydrogen-bond acceptors (Lipinski definition) is 7. The van der Waals surface area contributed by atoms with Crippen LogP contribution >= 0.6 is 23.1 Å². The third kappa shape index (κ3) is 3.39. The third-order valence-electron chi connectivity index (χ3n) is 2.37. The van der Waals surface area contributed by atoms with Crippen molar-refractivity contribution in [2.75, 3.05) is 19.0 Å². The first kappa shape index (κ1) is 15.4. The van der Waals surface area contributed by atoms with Crippen LogP contribution in [0.3, 0.4) is 0 Å². The molecule has 10 heteroatoms. The number of halogens is 2. The van der Waals surface area contributed by atoms with E-state index in [4.69, 9.17) is 10.9 Å². The zero-order valence-corrected chi connectivity index (χ0v) is 12.7. The third-order valence-corrected chi connectivity index (χ3v) is 4.61. The van der Waals surface area contributed by atoms with Gasteiger partial charge in [0.25, 0.3) is 0 Å². The Labute approximate surface area is 127 Å². The standard InChI is InChI=1S/C11H11F2N5OS2/c1-18(2)10-15-16-11(21-10)20-8-6(12)3-5(4-7(8)13)9(14)17-19/h3-4,19H,1-2H3,(H2,14,17). The van der Waals surface area contributed by atoms with Gasteiger partial charge in [-0.1, -0.05) is 28.3 Å². The van der Waals surface area contributed by atoms with Crippen LogP contribution in [-0.2, 0) is 0 Å². The van der Waals surface area contributed by atoms with Gasteiger partial charge in [-0.2, -0.15) is 0 Å². The summed E-state index contributed by atoms with van der Waals surface area (Å²) in [5.41, 5.74) is 5.27. The van der Waals surface area contributed by atoms with E-state index in [0.717, 1.165) is 23.9 Å². The van der Waals surface area contributed by atoms with Crippen LogP contribution in [0, 0.1) is 11.6 Å². The molecule has 0 radical (unpaired) electrons. The van der Waals surface area contributed by atoms with Gasteiger partial charge in [0.1, 0.15) is 11.6 Å². The molecule has 0 saturated carbocycles. The summed E-state index contributed by atoms with van der Waals surface area (Å²) in [6, 6.07) is 1.99.